The molecule has 3 amide bonds. The van der Waals surface area contributed by atoms with E-state index in [1.165, 1.54) is 0 Å². The van der Waals surface area contributed by atoms with Gasteiger partial charge in [0.15, 0.2) is 0 Å². The summed E-state index contributed by atoms with van der Waals surface area (Å²) in [5.74, 6) is -1.09. The number of hydrogen-bond acceptors (Lipinski definition) is 4. The molecule has 6 heteroatoms. The average molecular weight is 225 g/mol. The lowest BCUT2D eigenvalue weighted by atomic mass is 10.2. The number of likely N-dealkylation sites (N-methyl/N-ethyl adjacent to an activating group) is 1. The Morgan fingerprint density at radius 1 is 1.50 bits per heavy atom. The second kappa shape index (κ2) is 3.86. The van der Waals surface area contributed by atoms with Gasteiger partial charge in [0.2, 0.25) is 17.7 Å². The number of amides is 3. The number of imide groups is 1. The minimum Gasteiger partial charge on any atom is -0.368 e. The molecule has 0 radical (unpaired) electrons. The second-order valence-electron chi connectivity index (χ2n) is 4.25. The number of nitrogens with two attached hydrogens (primary N) is 1. The standard InChI is InChI=1S/C10H15N3O3/c1-2-12-7(8(11)14)4-13-9(15)5-3-6(5)10(13)16/h5-7,12H,2-4H2,1H3,(H2,11,14). The molecule has 1 saturated heterocycles. The summed E-state index contributed by atoms with van der Waals surface area (Å²) in [7, 11) is 0. The molecule has 6 nitrogen and oxygen atoms in total. The van der Waals surface area contributed by atoms with Gasteiger partial charge in [-0.25, -0.2) is 0 Å². The van der Waals surface area contributed by atoms with Gasteiger partial charge in [0.25, 0.3) is 0 Å². The van der Waals surface area contributed by atoms with Crippen molar-refractivity contribution in [3.63, 3.8) is 0 Å². The third-order valence-corrected chi connectivity index (χ3v) is 3.12. The number of primary amides is 1. The summed E-state index contributed by atoms with van der Waals surface area (Å²) >= 11 is 0. The van der Waals surface area contributed by atoms with E-state index in [4.69, 9.17) is 5.73 Å². The molecule has 0 aromatic rings. The highest BCUT2D eigenvalue weighted by atomic mass is 16.2. The van der Waals surface area contributed by atoms with Crippen molar-refractivity contribution in [2.45, 2.75) is 19.4 Å². The first-order chi connectivity index (χ1) is 7.56. The van der Waals surface area contributed by atoms with Gasteiger partial charge in [-0.05, 0) is 13.0 Å². The summed E-state index contributed by atoms with van der Waals surface area (Å²) < 4.78 is 0. The van der Waals surface area contributed by atoms with Crippen LogP contribution in [0.3, 0.4) is 0 Å². The Hall–Kier alpha value is -1.43. The van der Waals surface area contributed by atoms with Crippen LogP contribution < -0.4 is 11.1 Å². The van der Waals surface area contributed by atoms with Crippen molar-refractivity contribution in [1.29, 1.82) is 0 Å². The van der Waals surface area contributed by atoms with Gasteiger partial charge in [-0.2, -0.15) is 0 Å². The molecule has 3 atom stereocenters. The van der Waals surface area contributed by atoms with Crippen LogP contribution in [-0.2, 0) is 14.4 Å². The maximum Gasteiger partial charge on any atom is 0.236 e. The molecule has 3 N–H and O–H groups in total. The topological polar surface area (TPSA) is 92.5 Å². The summed E-state index contributed by atoms with van der Waals surface area (Å²) in [5, 5.41) is 2.86. The molecule has 16 heavy (non-hydrogen) atoms. The Kier molecular flexibility index (Phi) is 2.67. The van der Waals surface area contributed by atoms with Crippen LogP contribution in [-0.4, -0.2) is 41.8 Å². The zero-order valence-corrected chi connectivity index (χ0v) is 9.10. The molecular weight excluding hydrogens is 210 g/mol. The highest BCUT2D eigenvalue weighted by molar-refractivity contribution is 6.09. The fourth-order valence-electron chi connectivity index (χ4n) is 2.11. The number of nitrogens with one attached hydrogen (secondary N) is 1. The number of likely N-dealkylation sites (tertiary alicyclic amines) is 1. The first-order valence-corrected chi connectivity index (χ1v) is 5.44. The maximum atomic E-state index is 11.6. The third kappa shape index (κ3) is 1.69. The zero-order chi connectivity index (χ0) is 11.9. The Balaban J connectivity index is 2.00. The lowest BCUT2D eigenvalue weighted by molar-refractivity contribution is -0.142. The Morgan fingerprint density at radius 2 is 2.06 bits per heavy atom. The van der Waals surface area contributed by atoms with Crippen molar-refractivity contribution >= 4 is 17.7 Å². The number of hydrogen-bond donors (Lipinski definition) is 2. The second-order valence-corrected chi connectivity index (χ2v) is 4.25. The predicted molar refractivity (Wildman–Crippen MR) is 55.0 cm³/mol. The molecule has 88 valence electrons. The molecule has 2 fully saturated rings. The first kappa shape index (κ1) is 11.1. The molecule has 0 bridgehead atoms. The summed E-state index contributed by atoms with van der Waals surface area (Å²) in [4.78, 5) is 35.5. The fourth-order valence-corrected chi connectivity index (χ4v) is 2.11. The highest BCUT2D eigenvalue weighted by Gasteiger charge is 2.59. The molecule has 1 heterocycles. The van der Waals surface area contributed by atoms with E-state index in [-0.39, 0.29) is 30.2 Å². The van der Waals surface area contributed by atoms with Crippen LogP contribution in [0.15, 0.2) is 0 Å². The Morgan fingerprint density at radius 3 is 2.50 bits per heavy atom. The average Bonchev–Trinajstić information content (AvgIpc) is 2.97. The van der Waals surface area contributed by atoms with Crippen LogP contribution in [0.2, 0.25) is 0 Å². The van der Waals surface area contributed by atoms with Gasteiger partial charge in [-0.15, -0.1) is 0 Å². The molecule has 2 aliphatic rings. The van der Waals surface area contributed by atoms with E-state index in [2.05, 4.69) is 5.32 Å². The van der Waals surface area contributed by atoms with Crippen molar-refractivity contribution in [2.24, 2.45) is 17.6 Å². The number of carbonyl (C=O) groups is 3. The monoisotopic (exact) mass is 225 g/mol. The van der Waals surface area contributed by atoms with E-state index in [1.807, 2.05) is 6.92 Å². The molecular formula is C10H15N3O3. The zero-order valence-electron chi connectivity index (χ0n) is 9.10. The lowest BCUT2D eigenvalue weighted by Crippen LogP contribution is -2.51. The smallest absolute Gasteiger partial charge is 0.236 e. The van der Waals surface area contributed by atoms with E-state index >= 15 is 0 Å². The SMILES string of the molecule is CCNC(CN1C(=O)C2CC2C1=O)C(N)=O. The van der Waals surface area contributed by atoms with Crippen LogP contribution in [0.5, 0.6) is 0 Å². The number of rotatable bonds is 5. The molecule has 1 aliphatic heterocycles. The predicted octanol–water partition coefficient (Wildman–Crippen LogP) is -1.55. The van der Waals surface area contributed by atoms with Crippen LogP contribution >= 0.6 is 0 Å². The van der Waals surface area contributed by atoms with Crippen molar-refractivity contribution < 1.29 is 14.4 Å². The highest BCUT2D eigenvalue weighted by Crippen LogP contribution is 2.46. The lowest BCUT2D eigenvalue weighted by Gasteiger charge is -2.22. The summed E-state index contributed by atoms with van der Waals surface area (Å²) in [6, 6.07) is -0.643. The van der Waals surface area contributed by atoms with Gasteiger partial charge in [-0.3, -0.25) is 19.3 Å². The van der Waals surface area contributed by atoms with Crippen LogP contribution in [0, 0.1) is 11.8 Å². The van der Waals surface area contributed by atoms with E-state index in [0.717, 1.165) is 4.90 Å². The molecule has 1 saturated carbocycles. The van der Waals surface area contributed by atoms with Crippen LogP contribution in [0.4, 0.5) is 0 Å². The van der Waals surface area contributed by atoms with E-state index in [1.54, 1.807) is 0 Å². The summed E-state index contributed by atoms with van der Waals surface area (Å²) in [5.41, 5.74) is 5.19. The number of piperidine rings is 1. The van der Waals surface area contributed by atoms with E-state index in [9.17, 15) is 14.4 Å². The molecule has 0 spiro atoms. The quantitative estimate of drug-likeness (QED) is 0.554. The summed E-state index contributed by atoms with van der Waals surface area (Å²) in [6.45, 7) is 2.46. The van der Waals surface area contributed by atoms with Crippen molar-refractivity contribution in [3.05, 3.63) is 0 Å². The number of carbonyl (C=O) groups excluding carboxylic acids is 3. The van der Waals surface area contributed by atoms with E-state index in [0.29, 0.717) is 13.0 Å². The molecule has 0 aromatic heterocycles. The molecule has 3 unspecified atom stereocenters. The number of nitrogens with zero attached hydrogens (tertiary/aromatic N) is 1. The number of fused-ring (bicyclic) bond motifs is 1. The van der Waals surface area contributed by atoms with Crippen molar-refractivity contribution in [2.75, 3.05) is 13.1 Å². The molecule has 0 aromatic carbocycles. The minimum absolute atomic E-state index is 0.0633. The van der Waals surface area contributed by atoms with Crippen molar-refractivity contribution in [3.8, 4) is 0 Å². The Bertz CT molecular complexity index is 335. The minimum atomic E-state index is -0.643. The fraction of sp³-hybridized carbons (Fsp3) is 0.700. The van der Waals surface area contributed by atoms with Crippen molar-refractivity contribution in [1.82, 2.24) is 10.2 Å². The van der Waals surface area contributed by atoms with Gasteiger partial charge in [-0.1, -0.05) is 6.92 Å². The van der Waals surface area contributed by atoms with Crippen LogP contribution in [0.25, 0.3) is 0 Å². The maximum absolute atomic E-state index is 11.6. The van der Waals surface area contributed by atoms with Gasteiger partial charge < -0.3 is 11.1 Å². The molecule has 2 rings (SSSR count). The molecule has 1 aliphatic carbocycles. The van der Waals surface area contributed by atoms with E-state index < -0.39 is 11.9 Å². The van der Waals surface area contributed by atoms with Gasteiger partial charge >= 0.3 is 0 Å². The summed E-state index contributed by atoms with van der Waals surface area (Å²) in [6.07, 6.45) is 0.677. The van der Waals surface area contributed by atoms with Gasteiger partial charge in [0.1, 0.15) is 6.04 Å². The first-order valence-electron chi connectivity index (χ1n) is 5.44. The Labute approximate surface area is 93.1 Å². The third-order valence-electron chi connectivity index (χ3n) is 3.12. The normalized spacial score (nSPS) is 29.2. The van der Waals surface area contributed by atoms with Crippen LogP contribution in [0.1, 0.15) is 13.3 Å². The van der Waals surface area contributed by atoms with Gasteiger partial charge in [0.05, 0.1) is 18.4 Å². The van der Waals surface area contributed by atoms with Gasteiger partial charge in [0, 0.05) is 0 Å². The largest absolute Gasteiger partial charge is 0.368 e.